The summed E-state index contributed by atoms with van der Waals surface area (Å²) < 4.78 is 29.0. The molecule has 0 spiro atoms. The standard InChI is InChI=1S/C26H27N4O5S.3CH3.Sn/c31-25(28-17-23(26(32)33)30-36(34,35)22-6-2-1-3-7-22)20-11-8-18(9-12-20)10-14-21-15-13-19-5-4-16-27-24(19)29-21;;;;/h2-3,6-9,11-13,15,23,30H,4-5,10,14,16-17H2,(H,27,29)(H,28,31)(H,32,33);3*1H3;/t23-;;;;/m0..../s1. The number of pyridine rings is 1. The molecule has 0 fully saturated rings. The normalized spacial score (nSPS) is 14.1. The SMILES string of the molecule is [CH3][Sn]([CH3])([CH3])[c]1ccc(S(=O)(=O)N[C@@H](CNC(=O)c2ccc(CCc3ccc4c(n3)NCCC4)cc2)C(=O)O)cc1. The topological polar surface area (TPSA) is 137 Å². The molecule has 4 N–H and O–H groups in total. The van der Waals surface area contributed by atoms with E-state index in [4.69, 9.17) is 4.98 Å². The molecule has 0 bridgehead atoms. The Morgan fingerprint density at radius 2 is 1.70 bits per heavy atom. The number of aryl methyl sites for hydroxylation is 3. The van der Waals surface area contributed by atoms with Crippen molar-refractivity contribution in [2.45, 2.75) is 51.4 Å². The third-order valence-electron chi connectivity index (χ3n) is 6.93. The van der Waals surface area contributed by atoms with Crippen molar-refractivity contribution in [2.75, 3.05) is 18.4 Å². The maximum absolute atomic E-state index is 12.8. The van der Waals surface area contributed by atoms with E-state index in [1.165, 1.54) is 17.7 Å². The Balaban J connectivity index is 1.31. The van der Waals surface area contributed by atoms with Crippen molar-refractivity contribution in [1.29, 1.82) is 0 Å². The van der Waals surface area contributed by atoms with Gasteiger partial charge in [-0.25, -0.2) is 4.98 Å². The molecule has 1 aliphatic rings. The van der Waals surface area contributed by atoms with Crippen LogP contribution in [0.3, 0.4) is 0 Å². The molecule has 0 unspecified atom stereocenters. The molecule has 11 heteroatoms. The Morgan fingerprint density at radius 3 is 2.35 bits per heavy atom. The number of benzene rings is 2. The van der Waals surface area contributed by atoms with Crippen LogP contribution in [0.4, 0.5) is 5.82 Å². The van der Waals surface area contributed by atoms with Gasteiger partial charge >= 0.3 is 151 Å². The van der Waals surface area contributed by atoms with Gasteiger partial charge in [-0.1, -0.05) is 18.2 Å². The number of nitrogens with one attached hydrogen (secondary N) is 3. The molecule has 1 atom stereocenters. The molecule has 2 heterocycles. The van der Waals surface area contributed by atoms with E-state index in [0.717, 1.165) is 52.9 Å². The molecule has 1 amide bonds. The van der Waals surface area contributed by atoms with E-state index in [1.54, 1.807) is 24.3 Å². The predicted octanol–water partition coefficient (Wildman–Crippen LogP) is 2.93. The van der Waals surface area contributed by atoms with Crippen LogP contribution in [0.2, 0.25) is 14.8 Å². The fourth-order valence-electron chi connectivity index (χ4n) is 4.47. The molecule has 1 aliphatic heterocycles. The van der Waals surface area contributed by atoms with E-state index < -0.39 is 52.9 Å². The van der Waals surface area contributed by atoms with Crippen molar-refractivity contribution < 1.29 is 23.1 Å². The molecule has 40 heavy (non-hydrogen) atoms. The number of sulfonamides is 1. The molecule has 0 radical (unpaired) electrons. The van der Waals surface area contributed by atoms with Crippen molar-refractivity contribution in [2.24, 2.45) is 0 Å². The van der Waals surface area contributed by atoms with Gasteiger partial charge in [-0.15, -0.1) is 0 Å². The maximum atomic E-state index is 12.8. The van der Waals surface area contributed by atoms with Gasteiger partial charge in [0.05, 0.1) is 0 Å². The van der Waals surface area contributed by atoms with Gasteiger partial charge in [0.2, 0.25) is 0 Å². The predicted molar refractivity (Wildman–Crippen MR) is 158 cm³/mol. The first kappa shape index (κ1) is 30.0. The van der Waals surface area contributed by atoms with Gasteiger partial charge in [-0.05, 0) is 42.9 Å². The van der Waals surface area contributed by atoms with Gasteiger partial charge in [0, 0.05) is 12.2 Å². The van der Waals surface area contributed by atoms with Crippen molar-refractivity contribution in [3.05, 3.63) is 83.0 Å². The number of amides is 1. The first-order valence-corrected chi connectivity index (χ1v) is 24.8. The van der Waals surface area contributed by atoms with Crippen LogP contribution in [0.25, 0.3) is 0 Å². The minimum absolute atomic E-state index is 0.0122. The Labute approximate surface area is 239 Å². The number of carbonyl (C=O) groups is 2. The number of carboxylic acids is 1. The molecule has 212 valence electrons. The molecular formula is C29H36N4O5SSn. The number of rotatable bonds is 11. The van der Waals surface area contributed by atoms with E-state index in [1.807, 2.05) is 12.1 Å². The van der Waals surface area contributed by atoms with Gasteiger partial charge in [0.25, 0.3) is 0 Å². The fourth-order valence-corrected chi connectivity index (χ4v) is 8.99. The third-order valence-corrected chi connectivity index (χ3v) is 14.3. The van der Waals surface area contributed by atoms with Gasteiger partial charge in [-0.3, -0.25) is 0 Å². The van der Waals surface area contributed by atoms with Crippen LogP contribution in [0, 0.1) is 0 Å². The van der Waals surface area contributed by atoms with Crippen LogP contribution >= 0.6 is 0 Å². The van der Waals surface area contributed by atoms with Crippen molar-refractivity contribution in [3.63, 3.8) is 0 Å². The second kappa shape index (κ2) is 12.7. The van der Waals surface area contributed by atoms with Crippen LogP contribution in [0.1, 0.15) is 33.6 Å². The van der Waals surface area contributed by atoms with Gasteiger partial charge in [0.15, 0.2) is 0 Å². The Morgan fingerprint density at radius 1 is 1.00 bits per heavy atom. The van der Waals surface area contributed by atoms with Crippen LogP contribution in [0.15, 0.2) is 65.6 Å². The van der Waals surface area contributed by atoms with E-state index >= 15 is 0 Å². The third kappa shape index (κ3) is 7.82. The van der Waals surface area contributed by atoms with Gasteiger partial charge in [-0.2, -0.15) is 0 Å². The zero-order valence-corrected chi connectivity index (χ0v) is 26.7. The second-order valence-corrected chi connectivity index (χ2v) is 27.2. The summed E-state index contributed by atoms with van der Waals surface area (Å²) in [5.74, 6) is -0.896. The summed E-state index contributed by atoms with van der Waals surface area (Å²) in [6.07, 6.45) is 3.69. The number of aliphatic carboxylic acids is 1. The van der Waals surface area contributed by atoms with E-state index in [9.17, 15) is 23.1 Å². The molecule has 9 nitrogen and oxygen atoms in total. The average molecular weight is 671 g/mol. The van der Waals surface area contributed by atoms with Crippen LogP contribution in [-0.4, -0.2) is 67.9 Å². The summed E-state index contributed by atoms with van der Waals surface area (Å²) in [5, 5.41) is 15.5. The number of anilines is 1. The number of carbonyl (C=O) groups excluding carboxylic acids is 1. The molecule has 4 rings (SSSR count). The fraction of sp³-hybridized carbons (Fsp3) is 0.345. The van der Waals surface area contributed by atoms with Crippen LogP contribution in [0.5, 0.6) is 0 Å². The van der Waals surface area contributed by atoms with Crippen molar-refractivity contribution >= 4 is 49.7 Å². The summed E-state index contributed by atoms with van der Waals surface area (Å²) in [4.78, 5) is 35.8. The molecule has 0 saturated carbocycles. The number of hydrogen-bond donors (Lipinski definition) is 4. The summed E-state index contributed by atoms with van der Waals surface area (Å²) in [6, 6.07) is 16.3. The number of fused-ring (bicyclic) bond motifs is 1. The summed E-state index contributed by atoms with van der Waals surface area (Å²) in [7, 11) is -4.09. The monoisotopic (exact) mass is 672 g/mol. The van der Waals surface area contributed by atoms with E-state index in [0.29, 0.717) is 5.56 Å². The molecular weight excluding hydrogens is 635 g/mol. The number of carboxylic acid groups (broad SMARTS) is 1. The number of nitrogens with zero attached hydrogens (tertiary/aromatic N) is 1. The first-order valence-electron chi connectivity index (χ1n) is 13.4. The number of hydrogen-bond acceptors (Lipinski definition) is 6. The van der Waals surface area contributed by atoms with E-state index in [-0.39, 0.29) is 4.90 Å². The molecule has 3 aromatic rings. The van der Waals surface area contributed by atoms with Crippen LogP contribution in [-0.2, 0) is 34.1 Å². The van der Waals surface area contributed by atoms with E-state index in [2.05, 4.69) is 42.3 Å². The quantitative estimate of drug-likeness (QED) is 0.230. The Kier molecular flexibility index (Phi) is 9.52. The van der Waals surface area contributed by atoms with Gasteiger partial charge < -0.3 is 5.32 Å². The molecule has 2 aromatic carbocycles. The zero-order valence-electron chi connectivity index (χ0n) is 23.0. The average Bonchev–Trinajstić information content (AvgIpc) is 2.93. The summed E-state index contributed by atoms with van der Waals surface area (Å²) in [5.41, 5.74) is 3.66. The Bertz CT molecular complexity index is 1470. The van der Waals surface area contributed by atoms with Crippen LogP contribution < -0.4 is 18.9 Å². The Hall–Kier alpha value is -2.96. The second-order valence-electron chi connectivity index (χ2n) is 11.0. The molecule has 1 aromatic heterocycles. The van der Waals surface area contributed by atoms with Crippen molar-refractivity contribution in [3.8, 4) is 0 Å². The van der Waals surface area contributed by atoms with Gasteiger partial charge in [0.1, 0.15) is 5.82 Å². The minimum atomic E-state index is -4.09. The first-order chi connectivity index (χ1) is 18.9. The van der Waals surface area contributed by atoms with Crippen molar-refractivity contribution in [1.82, 2.24) is 15.0 Å². The summed E-state index contributed by atoms with van der Waals surface area (Å²) in [6.45, 7) is 0.545. The number of aromatic nitrogens is 1. The molecule has 0 saturated heterocycles. The zero-order chi connectivity index (χ0) is 28.9. The summed E-state index contributed by atoms with van der Waals surface area (Å²) >= 11 is -2.36. The molecule has 0 aliphatic carbocycles.